The van der Waals surface area contributed by atoms with Crippen LogP contribution < -0.4 is 20.2 Å². The Morgan fingerprint density at radius 3 is 2.48 bits per heavy atom. The number of hydrogen-bond donors (Lipinski definition) is 2. The van der Waals surface area contributed by atoms with E-state index >= 15 is 0 Å². The van der Waals surface area contributed by atoms with E-state index in [1.54, 1.807) is 44.3 Å². The highest BCUT2D eigenvalue weighted by molar-refractivity contribution is 7.17. The number of hydrazone groups is 1. The van der Waals surface area contributed by atoms with E-state index in [1.165, 1.54) is 11.3 Å². The van der Waals surface area contributed by atoms with Crippen molar-refractivity contribution < 1.29 is 28.6 Å². The minimum absolute atomic E-state index is 0.264. The summed E-state index contributed by atoms with van der Waals surface area (Å²) in [7, 11) is 0. The molecule has 10 heteroatoms. The fourth-order valence-corrected chi connectivity index (χ4v) is 5.90. The Labute approximate surface area is 250 Å². The first-order valence-corrected chi connectivity index (χ1v) is 15.1. The quantitative estimate of drug-likeness (QED) is 0.151. The fraction of sp³-hybridized carbons (Fsp3) is 0.375. The standard InChI is InChI=1S/C32H37N3O6S/c1-5-17-40-24-12-8-22(9-13-24)19-33-35-29(36)21(4)41-25-14-10-23(11-15-25)30(37)34-31-28(32(38)39-6-2)26-16-7-20(3)18-27(26)42-31/h8-15,19-21H,5-7,16-18H2,1-4H3,(H,34,37)(H,35,36)/b33-19-/t20-,21-/m1/s1. The zero-order valence-electron chi connectivity index (χ0n) is 24.4. The number of amides is 2. The first-order chi connectivity index (χ1) is 20.3. The van der Waals surface area contributed by atoms with Crippen molar-refractivity contribution in [1.82, 2.24) is 5.43 Å². The maximum absolute atomic E-state index is 13.1. The Kier molecular flexibility index (Phi) is 10.7. The molecule has 0 radical (unpaired) electrons. The molecule has 42 heavy (non-hydrogen) atoms. The molecule has 1 aromatic heterocycles. The topological polar surface area (TPSA) is 115 Å². The third-order valence-electron chi connectivity index (χ3n) is 6.76. The summed E-state index contributed by atoms with van der Waals surface area (Å²) in [4.78, 5) is 39.4. The number of thiophene rings is 1. The van der Waals surface area contributed by atoms with Crippen LogP contribution in [0.25, 0.3) is 0 Å². The van der Waals surface area contributed by atoms with Crippen molar-refractivity contribution in [3.8, 4) is 11.5 Å². The zero-order chi connectivity index (χ0) is 30.1. The fourth-order valence-electron chi connectivity index (χ4n) is 4.51. The van der Waals surface area contributed by atoms with Crippen molar-refractivity contribution in [2.24, 2.45) is 11.0 Å². The van der Waals surface area contributed by atoms with Crippen molar-refractivity contribution >= 4 is 40.3 Å². The lowest BCUT2D eigenvalue weighted by atomic mass is 9.88. The van der Waals surface area contributed by atoms with Gasteiger partial charge in [0, 0.05) is 10.4 Å². The number of fused-ring (bicyclic) bond motifs is 1. The average molecular weight is 592 g/mol. The smallest absolute Gasteiger partial charge is 0.341 e. The number of carbonyl (C=O) groups is 3. The van der Waals surface area contributed by atoms with Crippen LogP contribution >= 0.6 is 11.3 Å². The maximum atomic E-state index is 13.1. The predicted molar refractivity (Wildman–Crippen MR) is 164 cm³/mol. The van der Waals surface area contributed by atoms with Crippen LogP contribution in [-0.2, 0) is 22.4 Å². The Balaban J connectivity index is 1.33. The summed E-state index contributed by atoms with van der Waals surface area (Å²) in [5.41, 5.74) is 5.14. The third kappa shape index (κ3) is 7.97. The summed E-state index contributed by atoms with van der Waals surface area (Å²) in [6.45, 7) is 8.54. The molecule has 3 aromatic rings. The SMILES string of the molecule is CCCOc1ccc(/C=N\NC(=O)[C@@H](C)Oc2ccc(C(=O)Nc3sc4c(c3C(=O)OCC)CC[C@@H](C)C4)cc2)cc1. The van der Waals surface area contributed by atoms with Gasteiger partial charge in [-0.05, 0) is 105 Å². The van der Waals surface area contributed by atoms with Crippen molar-refractivity contribution in [3.05, 3.63) is 75.7 Å². The number of ether oxygens (including phenoxy) is 3. The molecular weight excluding hydrogens is 554 g/mol. The van der Waals surface area contributed by atoms with Crippen molar-refractivity contribution in [2.45, 2.75) is 59.5 Å². The largest absolute Gasteiger partial charge is 0.494 e. The number of esters is 1. The first-order valence-electron chi connectivity index (χ1n) is 14.2. The monoisotopic (exact) mass is 591 g/mol. The highest BCUT2D eigenvalue weighted by Crippen LogP contribution is 2.40. The van der Waals surface area contributed by atoms with Gasteiger partial charge in [0.25, 0.3) is 11.8 Å². The Morgan fingerprint density at radius 2 is 1.79 bits per heavy atom. The van der Waals surface area contributed by atoms with Gasteiger partial charge in [0.1, 0.15) is 16.5 Å². The number of rotatable bonds is 12. The molecule has 1 heterocycles. The van der Waals surface area contributed by atoms with Gasteiger partial charge in [0.15, 0.2) is 6.10 Å². The van der Waals surface area contributed by atoms with Crippen molar-refractivity contribution in [3.63, 3.8) is 0 Å². The second-order valence-corrected chi connectivity index (χ2v) is 11.3. The maximum Gasteiger partial charge on any atom is 0.341 e. The van der Waals surface area contributed by atoms with Crippen molar-refractivity contribution in [2.75, 3.05) is 18.5 Å². The summed E-state index contributed by atoms with van der Waals surface area (Å²) in [6, 6.07) is 13.9. The lowest BCUT2D eigenvalue weighted by Crippen LogP contribution is -2.33. The second kappa shape index (κ2) is 14.6. The third-order valence-corrected chi connectivity index (χ3v) is 7.93. The molecule has 2 aromatic carbocycles. The number of hydrogen-bond acceptors (Lipinski definition) is 8. The van der Waals surface area contributed by atoms with Crippen LogP contribution in [0.15, 0.2) is 53.6 Å². The van der Waals surface area contributed by atoms with E-state index in [4.69, 9.17) is 14.2 Å². The molecular formula is C32H37N3O6S. The minimum Gasteiger partial charge on any atom is -0.494 e. The molecule has 1 aliphatic rings. The summed E-state index contributed by atoms with van der Waals surface area (Å²) < 4.78 is 16.6. The Hall–Kier alpha value is -4.18. The van der Waals surface area contributed by atoms with Crippen LogP contribution in [0.5, 0.6) is 11.5 Å². The Bertz CT molecular complexity index is 1420. The molecule has 0 saturated heterocycles. The number of nitrogens with one attached hydrogen (secondary N) is 2. The van der Waals surface area contributed by atoms with E-state index in [1.807, 2.05) is 31.2 Å². The predicted octanol–water partition coefficient (Wildman–Crippen LogP) is 6.01. The van der Waals surface area contributed by atoms with Gasteiger partial charge < -0.3 is 19.5 Å². The molecule has 0 unspecified atom stereocenters. The van der Waals surface area contributed by atoms with E-state index in [0.717, 1.165) is 47.4 Å². The van der Waals surface area contributed by atoms with Gasteiger partial charge in [-0.2, -0.15) is 5.10 Å². The lowest BCUT2D eigenvalue weighted by Gasteiger charge is -2.18. The van der Waals surface area contributed by atoms with Gasteiger partial charge in [0.05, 0.1) is 25.0 Å². The Morgan fingerprint density at radius 1 is 1.07 bits per heavy atom. The van der Waals surface area contributed by atoms with Crippen LogP contribution in [0.4, 0.5) is 5.00 Å². The van der Waals surface area contributed by atoms with E-state index in [9.17, 15) is 14.4 Å². The number of benzene rings is 2. The molecule has 222 valence electrons. The molecule has 2 atom stereocenters. The highest BCUT2D eigenvalue weighted by atomic mass is 32.1. The number of carbonyl (C=O) groups excluding carboxylic acids is 3. The zero-order valence-corrected chi connectivity index (χ0v) is 25.2. The number of anilines is 1. The van der Waals surface area contributed by atoms with E-state index in [-0.39, 0.29) is 12.5 Å². The van der Waals surface area contributed by atoms with Crippen LogP contribution in [0, 0.1) is 5.92 Å². The number of nitrogens with zero attached hydrogens (tertiary/aromatic N) is 1. The molecule has 1 aliphatic carbocycles. The summed E-state index contributed by atoms with van der Waals surface area (Å²) in [5.74, 6) is 0.567. The molecule has 0 bridgehead atoms. The van der Waals surface area contributed by atoms with E-state index < -0.39 is 18.0 Å². The van der Waals surface area contributed by atoms with E-state index in [2.05, 4.69) is 22.8 Å². The average Bonchev–Trinajstić information content (AvgIpc) is 3.33. The molecule has 2 N–H and O–H groups in total. The molecule has 0 saturated carbocycles. The van der Waals surface area contributed by atoms with Gasteiger partial charge in [-0.1, -0.05) is 13.8 Å². The van der Waals surface area contributed by atoms with Gasteiger partial charge >= 0.3 is 5.97 Å². The molecule has 0 fully saturated rings. The van der Waals surface area contributed by atoms with Crippen molar-refractivity contribution in [1.29, 1.82) is 0 Å². The first kappa shape index (κ1) is 30.8. The van der Waals surface area contributed by atoms with Gasteiger partial charge in [-0.3, -0.25) is 9.59 Å². The van der Waals surface area contributed by atoms with Gasteiger partial charge in [-0.25, -0.2) is 10.2 Å². The van der Waals surface area contributed by atoms with Crippen LogP contribution in [0.2, 0.25) is 0 Å². The van der Waals surface area contributed by atoms with Crippen LogP contribution in [0.1, 0.15) is 77.3 Å². The molecule has 0 spiro atoms. The molecule has 2 amide bonds. The summed E-state index contributed by atoms with van der Waals surface area (Å²) in [5, 5.41) is 7.44. The lowest BCUT2D eigenvalue weighted by molar-refractivity contribution is -0.127. The van der Waals surface area contributed by atoms with E-state index in [0.29, 0.717) is 34.4 Å². The summed E-state index contributed by atoms with van der Waals surface area (Å²) in [6.07, 6.45) is 4.33. The molecule has 9 nitrogen and oxygen atoms in total. The normalized spacial score (nSPS) is 15.0. The van der Waals surface area contributed by atoms with Gasteiger partial charge in [-0.15, -0.1) is 11.3 Å². The summed E-state index contributed by atoms with van der Waals surface area (Å²) >= 11 is 1.45. The molecule has 4 rings (SSSR count). The van der Waals surface area contributed by atoms with Crippen LogP contribution in [-0.4, -0.2) is 43.3 Å². The second-order valence-electron chi connectivity index (χ2n) is 10.2. The minimum atomic E-state index is -0.821. The van der Waals surface area contributed by atoms with Crippen LogP contribution in [0.3, 0.4) is 0 Å². The highest BCUT2D eigenvalue weighted by Gasteiger charge is 2.29. The van der Waals surface area contributed by atoms with Gasteiger partial charge in [0.2, 0.25) is 0 Å². The molecule has 0 aliphatic heterocycles.